The van der Waals surface area contributed by atoms with Crippen molar-refractivity contribution in [3.63, 3.8) is 0 Å². The molecule has 0 atom stereocenters. The van der Waals surface area contributed by atoms with Crippen LogP contribution in [0.3, 0.4) is 0 Å². The second kappa shape index (κ2) is 8.98. The van der Waals surface area contributed by atoms with E-state index in [0.29, 0.717) is 0 Å². The van der Waals surface area contributed by atoms with Crippen LogP contribution in [0.25, 0.3) is 0 Å². The maximum absolute atomic E-state index is 13.4. The number of carbonyl (C=O) groups is 1. The summed E-state index contributed by atoms with van der Waals surface area (Å²) >= 11 is 0. The van der Waals surface area contributed by atoms with Gasteiger partial charge < -0.3 is 10.1 Å². The number of nitrogens with zero attached hydrogens (tertiary/aromatic N) is 1. The standard InChI is InChI=1S/C20H15F2N3O6S/c1-31-19-9-2-12(20(26)23-13-3-8-16(21)17(22)11-13)10-18(19)24-32(29,30)15-6-4-14(5-7-15)25(27)28/h2-11,24H,1H3,(H,23,26). The van der Waals surface area contributed by atoms with E-state index in [1.54, 1.807) is 0 Å². The summed E-state index contributed by atoms with van der Waals surface area (Å²) in [5.41, 5.74) is -0.365. The van der Waals surface area contributed by atoms with Crippen molar-refractivity contribution in [3.8, 4) is 5.75 Å². The van der Waals surface area contributed by atoms with Crippen molar-refractivity contribution in [2.75, 3.05) is 17.1 Å². The number of amides is 1. The van der Waals surface area contributed by atoms with E-state index in [9.17, 15) is 32.1 Å². The van der Waals surface area contributed by atoms with Gasteiger partial charge in [-0.05, 0) is 42.5 Å². The minimum absolute atomic E-state index is 0.00210. The van der Waals surface area contributed by atoms with Crippen LogP contribution in [0.5, 0.6) is 5.75 Å². The van der Waals surface area contributed by atoms with E-state index < -0.39 is 32.5 Å². The quantitative estimate of drug-likeness (QED) is 0.404. The minimum Gasteiger partial charge on any atom is -0.495 e. The van der Waals surface area contributed by atoms with Crippen LogP contribution in [-0.2, 0) is 10.0 Å². The Balaban J connectivity index is 1.87. The average Bonchev–Trinajstić information content (AvgIpc) is 2.76. The number of hydrogen-bond acceptors (Lipinski definition) is 6. The summed E-state index contributed by atoms with van der Waals surface area (Å²) < 4.78 is 59.2. The van der Waals surface area contributed by atoms with Crippen molar-refractivity contribution in [1.29, 1.82) is 0 Å². The van der Waals surface area contributed by atoms with E-state index in [0.717, 1.165) is 42.5 Å². The van der Waals surface area contributed by atoms with E-state index >= 15 is 0 Å². The summed E-state index contributed by atoms with van der Waals surface area (Å²) in [4.78, 5) is 22.3. The number of nitro groups is 1. The van der Waals surface area contributed by atoms with Crippen molar-refractivity contribution in [2.24, 2.45) is 0 Å². The first-order valence-corrected chi connectivity index (χ1v) is 10.3. The minimum atomic E-state index is -4.18. The van der Waals surface area contributed by atoms with Gasteiger partial charge in [0.05, 0.1) is 22.6 Å². The number of halogens is 2. The van der Waals surface area contributed by atoms with Gasteiger partial charge in [0, 0.05) is 29.4 Å². The molecule has 0 aliphatic carbocycles. The molecule has 9 nitrogen and oxygen atoms in total. The highest BCUT2D eigenvalue weighted by molar-refractivity contribution is 7.92. The number of rotatable bonds is 7. The van der Waals surface area contributed by atoms with Crippen LogP contribution in [-0.4, -0.2) is 26.4 Å². The molecule has 2 N–H and O–H groups in total. The molecule has 0 saturated heterocycles. The fourth-order valence-corrected chi connectivity index (χ4v) is 3.72. The Labute approximate surface area is 180 Å². The second-order valence-electron chi connectivity index (χ2n) is 6.35. The van der Waals surface area contributed by atoms with Crippen molar-refractivity contribution in [1.82, 2.24) is 0 Å². The molecule has 3 aromatic carbocycles. The Hall–Kier alpha value is -4.06. The first kappa shape index (κ1) is 22.6. The molecule has 1 amide bonds. The monoisotopic (exact) mass is 463 g/mol. The molecule has 0 aromatic heterocycles. The molecule has 0 aliphatic rings. The maximum Gasteiger partial charge on any atom is 0.269 e. The number of nitro benzene ring substituents is 1. The molecule has 3 aromatic rings. The lowest BCUT2D eigenvalue weighted by Gasteiger charge is -2.14. The Morgan fingerprint density at radius 3 is 2.28 bits per heavy atom. The number of nitrogens with one attached hydrogen (secondary N) is 2. The van der Waals surface area contributed by atoms with Crippen LogP contribution in [0.1, 0.15) is 10.4 Å². The number of anilines is 2. The third kappa shape index (κ3) is 4.98. The normalized spacial score (nSPS) is 11.0. The van der Waals surface area contributed by atoms with Crippen LogP contribution in [0.15, 0.2) is 65.6 Å². The number of carbonyl (C=O) groups excluding carboxylic acids is 1. The number of hydrogen-bond donors (Lipinski definition) is 2. The zero-order valence-corrected chi connectivity index (χ0v) is 17.2. The Bertz CT molecular complexity index is 1300. The van der Waals surface area contributed by atoms with Gasteiger partial charge >= 0.3 is 0 Å². The molecule has 0 spiro atoms. The van der Waals surface area contributed by atoms with Gasteiger partial charge in [0.2, 0.25) is 0 Å². The number of non-ortho nitro benzene ring substituents is 1. The lowest BCUT2D eigenvalue weighted by Crippen LogP contribution is -2.16. The maximum atomic E-state index is 13.4. The van der Waals surface area contributed by atoms with Crippen LogP contribution >= 0.6 is 0 Å². The fourth-order valence-electron chi connectivity index (χ4n) is 2.66. The number of methoxy groups -OCH3 is 1. The molecule has 0 heterocycles. The molecule has 0 fully saturated rings. The summed E-state index contributed by atoms with van der Waals surface area (Å²) in [5, 5.41) is 13.1. The lowest BCUT2D eigenvalue weighted by atomic mass is 10.1. The van der Waals surface area contributed by atoms with E-state index in [-0.39, 0.29) is 33.3 Å². The zero-order chi connectivity index (χ0) is 23.5. The summed E-state index contributed by atoms with van der Waals surface area (Å²) in [6, 6.07) is 10.9. The molecular formula is C20H15F2N3O6S. The Morgan fingerprint density at radius 2 is 1.69 bits per heavy atom. The number of ether oxygens (including phenoxy) is 1. The Morgan fingerprint density at radius 1 is 1.00 bits per heavy atom. The topological polar surface area (TPSA) is 128 Å². The molecule has 0 bridgehead atoms. The fraction of sp³-hybridized carbons (Fsp3) is 0.0500. The molecule has 0 radical (unpaired) electrons. The Kier molecular flexibility index (Phi) is 6.35. The van der Waals surface area contributed by atoms with Crippen molar-refractivity contribution >= 4 is 33.0 Å². The third-order valence-corrected chi connectivity index (χ3v) is 5.62. The van der Waals surface area contributed by atoms with Gasteiger partial charge in [-0.25, -0.2) is 17.2 Å². The van der Waals surface area contributed by atoms with Crippen molar-refractivity contribution in [3.05, 3.63) is 88.0 Å². The van der Waals surface area contributed by atoms with Gasteiger partial charge in [0.25, 0.3) is 21.6 Å². The second-order valence-corrected chi connectivity index (χ2v) is 8.04. The van der Waals surface area contributed by atoms with Gasteiger partial charge in [0.15, 0.2) is 11.6 Å². The van der Waals surface area contributed by atoms with Crippen LogP contribution in [0.2, 0.25) is 0 Å². The molecule has 0 aliphatic heterocycles. The molecule has 32 heavy (non-hydrogen) atoms. The van der Waals surface area contributed by atoms with Crippen molar-refractivity contribution in [2.45, 2.75) is 4.90 Å². The van der Waals surface area contributed by atoms with E-state index in [4.69, 9.17) is 4.74 Å². The van der Waals surface area contributed by atoms with E-state index in [1.165, 1.54) is 25.3 Å². The third-order valence-electron chi connectivity index (χ3n) is 4.24. The SMILES string of the molecule is COc1ccc(C(=O)Nc2ccc(F)c(F)c2)cc1NS(=O)(=O)c1ccc([N+](=O)[O-])cc1. The van der Waals surface area contributed by atoms with Gasteiger partial charge in [-0.2, -0.15) is 0 Å². The largest absolute Gasteiger partial charge is 0.495 e. The highest BCUT2D eigenvalue weighted by atomic mass is 32.2. The first-order valence-electron chi connectivity index (χ1n) is 8.82. The van der Waals surface area contributed by atoms with Crippen molar-refractivity contribution < 1.29 is 31.7 Å². The number of benzene rings is 3. The summed E-state index contributed by atoms with van der Waals surface area (Å²) in [6.07, 6.45) is 0. The van der Waals surface area contributed by atoms with Crippen LogP contribution in [0, 0.1) is 21.7 Å². The predicted molar refractivity (Wildman–Crippen MR) is 111 cm³/mol. The summed E-state index contributed by atoms with van der Waals surface area (Å²) in [7, 11) is -2.88. The summed E-state index contributed by atoms with van der Waals surface area (Å²) in [6.45, 7) is 0. The highest BCUT2D eigenvalue weighted by Crippen LogP contribution is 2.29. The summed E-state index contributed by atoms with van der Waals surface area (Å²) in [5.74, 6) is -2.83. The molecule has 3 rings (SSSR count). The van der Waals surface area contributed by atoms with E-state index in [2.05, 4.69) is 10.0 Å². The van der Waals surface area contributed by atoms with Gasteiger partial charge in [-0.3, -0.25) is 19.6 Å². The lowest BCUT2D eigenvalue weighted by molar-refractivity contribution is -0.384. The average molecular weight is 463 g/mol. The first-order chi connectivity index (χ1) is 15.1. The predicted octanol–water partition coefficient (Wildman–Crippen LogP) is 3.93. The molecule has 0 unspecified atom stereocenters. The molecule has 12 heteroatoms. The molecular weight excluding hydrogens is 448 g/mol. The molecule has 0 saturated carbocycles. The zero-order valence-electron chi connectivity index (χ0n) is 16.3. The van der Waals surface area contributed by atoms with Gasteiger partial charge in [-0.1, -0.05) is 0 Å². The van der Waals surface area contributed by atoms with Crippen LogP contribution in [0.4, 0.5) is 25.8 Å². The highest BCUT2D eigenvalue weighted by Gasteiger charge is 2.19. The smallest absolute Gasteiger partial charge is 0.269 e. The van der Waals surface area contributed by atoms with Gasteiger partial charge in [0.1, 0.15) is 5.75 Å². The molecule has 166 valence electrons. The number of sulfonamides is 1. The van der Waals surface area contributed by atoms with Crippen LogP contribution < -0.4 is 14.8 Å². The van der Waals surface area contributed by atoms with Gasteiger partial charge in [-0.15, -0.1) is 0 Å². The van der Waals surface area contributed by atoms with E-state index in [1.807, 2.05) is 0 Å².